The minimum atomic E-state index is -4.33. The van der Waals surface area contributed by atoms with Crippen molar-refractivity contribution in [2.24, 2.45) is 5.14 Å². The van der Waals surface area contributed by atoms with Crippen LogP contribution >= 0.6 is 11.6 Å². The molecule has 2 aromatic rings. The standard InChI is InChI=1S/C48H67ClN2O9S/c49-46-41(33-27-23-19-15-11-7-3-1-4-8-12-16-20-24-28-34-44(52)53)47(42(48(56)57)38-43(46)61(50,58)59)51(39-40-32-31-37-60-40)36-30-26-22-18-14-10-6-2-5-9-13-17-21-25-29-35-45(54)55/h1-2,4-5,7,10-11,14,19,22-23,26,31-32,37-38H,3,6,8-9,12-13,15-18,20-21,24-25,27-30,33-36,39H2,(H,52,53)(H,54,55)(H,56,57)(H2,50,58,59)/b4-1-,5-2-,11-7-,14-10-,23-19-,26-22-. The van der Waals surface area contributed by atoms with E-state index < -0.39 is 32.8 Å². The SMILES string of the molecule is NS(=O)(=O)c1cc(C(=O)O)c(N(CC/C=C\C/C=C\C/C=C\CCCCCCCC(=O)O)Cc2ccco2)c(CC/C=C\C/C=C\C/C=C\CCCCCCCC(=O)O)c1Cl. The van der Waals surface area contributed by atoms with Crippen LogP contribution in [0.25, 0.3) is 0 Å². The van der Waals surface area contributed by atoms with Crippen molar-refractivity contribution in [3.63, 3.8) is 0 Å². The number of halogens is 1. The molecule has 0 unspecified atom stereocenters. The number of sulfonamides is 1. The van der Waals surface area contributed by atoms with E-state index in [1.807, 2.05) is 23.1 Å². The highest BCUT2D eigenvalue weighted by Gasteiger charge is 2.28. The summed E-state index contributed by atoms with van der Waals surface area (Å²) < 4.78 is 30.9. The molecule has 13 heteroatoms. The summed E-state index contributed by atoms with van der Waals surface area (Å²) in [6.45, 7) is 0.644. The van der Waals surface area contributed by atoms with Crippen molar-refractivity contribution in [2.75, 3.05) is 11.4 Å². The number of aliphatic carboxylic acids is 2. The van der Waals surface area contributed by atoms with Crippen molar-refractivity contribution in [3.05, 3.63) is 119 Å². The van der Waals surface area contributed by atoms with Gasteiger partial charge in [0.2, 0.25) is 10.0 Å². The number of aromatic carboxylic acids is 1. The first-order valence-corrected chi connectivity index (χ1v) is 23.6. The second-order valence-corrected chi connectivity index (χ2v) is 16.8. The zero-order valence-electron chi connectivity index (χ0n) is 35.6. The summed E-state index contributed by atoms with van der Waals surface area (Å²) in [6, 6.07) is 4.61. The van der Waals surface area contributed by atoms with Crippen LogP contribution in [0, 0.1) is 0 Å². The summed E-state index contributed by atoms with van der Waals surface area (Å²) >= 11 is 6.79. The van der Waals surface area contributed by atoms with Crippen LogP contribution in [0.2, 0.25) is 5.02 Å². The lowest BCUT2D eigenvalue weighted by Crippen LogP contribution is -2.28. The Morgan fingerprint density at radius 2 is 1.11 bits per heavy atom. The van der Waals surface area contributed by atoms with Gasteiger partial charge in [0, 0.05) is 19.4 Å². The fourth-order valence-electron chi connectivity index (χ4n) is 6.65. The fourth-order valence-corrected chi connectivity index (χ4v) is 7.87. The highest BCUT2D eigenvalue weighted by Crippen LogP contribution is 2.38. The Kier molecular flexibility index (Phi) is 27.6. The molecule has 0 fully saturated rings. The van der Waals surface area contributed by atoms with Crippen molar-refractivity contribution in [1.82, 2.24) is 0 Å². The van der Waals surface area contributed by atoms with Gasteiger partial charge >= 0.3 is 17.9 Å². The van der Waals surface area contributed by atoms with Gasteiger partial charge in [-0.15, -0.1) is 0 Å². The molecule has 0 aliphatic carbocycles. The van der Waals surface area contributed by atoms with E-state index in [1.54, 1.807) is 18.4 Å². The summed E-state index contributed by atoms with van der Waals surface area (Å²) in [5.74, 6) is -2.15. The zero-order valence-corrected chi connectivity index (χ0v) is 37.2. The van der Waals surface area contributed by atoms with Crippen molar-refractivity contribution in [1.29, 1.82) is 0 Å². The Bertz CT molecular complexity index is 1880. The van der Waals surface area contributed by atoms with Crippen LogP contribution in [0.5, 0.6) is 0 Å². The smallest absolute Gasteiger partial charge is 0.337 e. The molecule has 0 radical (unpaired) electrons. The van der Waals surface area contributed by atoms with E-state index in [0.717, 1.165) is 102 Å². The minimum absolute atomic E-state index is 0.0899. The van der Waals surface area contributed by atoms with Crippen LogP contribution in [0.1, 0.15) is 150 Å². The van der Waals surface area contributed by atoms with Gasteiger partial charge in [0.25, 0.3) is 0 Å². The number of nitrogens with two attached hydrogens (primary N) is 1. The number of anilines is 1. The first-order chi connectivity index (χ1) is 29.4. The van der Waals surface area contributed by atoms with Gasteiger partial charge in [-0.25, -0.2) is 18.4 Å². The first-order valence-electron chi connectivity index (χ1n) is 21.6. The molecule has 0 bridgehead atoms. The lowest BCUT2D eigenvalue weighted by Gasteiger charge is -2.29. The second kappa shape index (κ2) is 32.1. The van der Waals surface area contributed by atoms with Crippen molar-refractivity contribution >= 4 is 45.2 Å². The lowest BCUT2D eigenvalue weighted by atomic mass is 10.00. The number of rotatable bonds is 35. The van der Waals surface area contributed by atoms with Crippen molar-refractivity contribution in [2.45, 2.75) is 146 Å². The third kappa shape index (κ3) is 24.4. The molecule has 0 aliphatic heterocycles. The Morgan fingerprint density at radius 1 is 0.656 bits per heavy atom. The number of carboxylic acids is 3. The molecule has 11 nitrogen and oxygen atoms in total. The number of hydrogen-bond acceptors (Lipinski definition) is 7. The quantitative estimate of drug-likeness (QED) is 0.0383. The second-order valence-electron chi connectivity index (χ2n) is 14.9. The molecule has 0 atom stereocenters. The molecule has 336 valence electrons. The highest BCUT2D eigenvalue weighted by molar-refractivity contribution is 7.89. The molecule has 61 heavy (non-hydrogen) atoms. The Labute approximate surface area is 368 Å². The first kappa shape index (κ1) is 52.5. The zero-order chi connectivity index (χ0) is 44.6. The highest BCUT2D eigenvalue weighted by atomic mass is 35.5. The Morgan fingerprint density at radius 3 is 1.57 bits per heavy atom. The molecular formula is C48H67ClN2O9S. The van der Waals surface area contributed by atoms with Gasteiger partial charge in [0.1, 0.15) is 10.7 Å². The van der Waals surface area contributed by atoms with E-state index in [9.17, 15) is 27.9 Å². The molecular weight excluding hydrogens is 816 g/mol. The average molecular weight is 884 g/mol. The van der Waals surface area contributed by atoms with E-state index in [4.69, 9.17) is 31.4 Å². The Balaban J connectivity index is 2.01. The summed E-state index contributed by atoms with van der Waals surface area (Å²) in [7, 11) is -4.33. The van der Waals surface area contributed by atoms with Crippen LogP contribution in [0.3, 0.4) is 0 Å². The number of hydrogen-bond donors (Lipinski definition) is 4. The van der Waals surface area contributed by atoms with Gasteiger partial charge in [-0.3, -0.25) is 9.59 Å². The largest absolute Gasteiger partial charge is 0.481 e. The average Bonchev–Trinajstić information content (AvgIpc) is 3.72. The van der Waals surface area contributed by atoms with Crippen LogP contribution < -0.4 is 10.0 Å². The van der Waals surface area contributed by atoms with Crippen LogP contribution in [-0.4, -0.2) is 48.2 Å². The molecule has 2 rings (SSSR count). The van der Waals surface area contributed by atoms with E-state index in [-0.39, 0.29) is 36.4 Å². The molecule has 0 saturated heterocycles. The maximum Gasteiger partial charge on any atom is 0.337 e. The number of nitrogens with zero attached hydrogens (tertiary/aromatic N) is 1. The number of carbonyl (C=O) groups is 3. The van der Waals surface area contributed by atoms with Gasteiger partial charge in [0.05, 0.1) is 29.1 Å². The number of allylic oxidation sites excluding steroid dienone is 11. The summed E-state index contributed by atoms with van der Waals surface area (Å²) in [5, 5.41) is 33.2. The minimum Gasteiger partial charge on any atom is -0.481 e. The molecule has 5 N–H and O–H groups in total. The van der Waals surface area contributed by atoms with E-state index in [2.05, 4.69) is 54.7 Å². The molecule has 0 spiro atoms. The molecule has 1 aromatic heterocycles. The van der Waals surface area contributed by atoms with Crippen LogP contribution in [-0.2, 0) is 32.6 Å². The molecule has 1 heterocycles. The summed E-state index contributed by atoms with van der Waals surface area (Å²) in [4.78, 5) is 35.4. The maximum atomic E-state index is 12.7. The molecule has 0 amide bonds. The van der Waals surface area contributed by atoms with Gasteiger partial charge in [-0.1, -0.05) is 123 Å². The lowest BCUT2D eigenvalue weighted by molar-refractivity contribution is -0.138. The van der Waals surface area contributed by atoms with Gasteiger partial charge in [0.15, 0.2) is 0 Å². The number of furan rings is 1. The number of primary sulfonamides is 1. The topological polar surface area (TPSA) is 188 Å². The normalized spacial score (nSPS) is 12.4. The van der Waals surface area contributed by atoms with Crippen LogP contribution in [0.4, 0.5) is 5.69 Å². The molecule has 0 aliphatic rings. The van der Waals surface area contributed by atoms with E-state index >= 15 is 0 Å². The predicted molar refractivity (Wildman–Crippen MR) is 246 cm³/mol. The predicted octanol–water partition coefficient (Wildman–Crippen LogP) is 12.1. The fraction of sp³-hybridized carbons (Fsp3) is 0.479. The molecule has 1 aromatic carbocycles. The summed E-state index contributed by atoms with van der Waals surface area (Å²) in [5.41, 5.74) is 0.512. The maximum absolute atomic E-state index is 12.7. The van der Waals surface area contributed by atoms with Gasteiger partial charge < -0.3 is 24.6 Å². The van der Waals surface area contributed by atoms with Gasteiger partial charge in [-0.2, -0.15) is 0 Å². The Hall–Kier alpha value is -4.65. The molecule has 0 saturated carbocycles. The van der Waals surface area contributed by atoms with Crippen molar-refractivity contribution in [3.8, 4) is 0 Å². The van der Waals surface area contributed by atoms with E-state index in [0.29, 0.717) is 42.8 Å². The van der Waals surface area contributed by atoms with Crippen molar-refractivity contribution < 1.29 is 42.5 Å². The number of benzene rings is 1. The monoisotopic (exact) mass is 882 g/mol. The third-order valence-corrected chi connectivity index (χ3v) is 11.3. The van der Waals surface area contributed by atoms with Gasteiger partial charge in [-0.05, 0) is 107 Å². The number of unbranched alkanes of at least 4 members (excludes halogenated alkanes) is 10. The van der Waals surface area contributed by atoms with Crippen LogP contribution in [0.15, 0.2) is 107 Å². The number of carboxylic acid groups (broad SMARTS) is 3. The summed E-state index contributed by atoms with van der Waals surface area (Å²) in [6.07, 6.45) is 43.5. The van der Waals surface area contributed by atoms with E-state index in [1.165, 1.54) is 0 Å². The third-order valence-electron chi connectivity index (χ3n) is 9.82.